The first-order valence-electron chi connectivity index (χ1n) is 18.0. The van der Waals surface area contributed by atoms with Crippen LogP contribution in [0.2, 0.25) is 0 Å². The van der Waals surface area contributed by atoms with E-state index in [1.54, 1.807) is 0 Å². The average molecular weight is 602 g/mol. The minimum absolute atomic E-state index is 0.784. The number of hydrogen-bond acceptors (Lipinski definition) is 5. The number of piperazine rings is 1. The first-order valence-corrected chi connectivity index (χ1v) is 18.0. The van der Waals surface area contributed by atoms with Crippen LogP contribution in [0.15, 0.2) is 54.7 Å². The number of ether oxygens (including phenoxy) is 1. The van der Waals surface area contributed by atoms with Crippen molar-refractivity contribution >= 4 is 5.69 Å². The molecule has 4 rings (SSSR count). The van der Waals surface area contributed by atoms with Gasteiger partial charge in [-0.2, -0.15) is 0 Å². The van der Waals surface area contributed by atoms with Gasteiger partial charge in [-0.3, -0.25) is 4.90 Å². The normalized spacial score (nSPS) is 13.9. The minimum Gasteiger partial charge on any atom is -0.494 e. The number of hydrogen-bond donors (Lipinski definition) is 0. The zero-order valence-electron chi connectivity index (χ0n) is 27.9. The maximum atomic E-state index is 5.97. The maximum Gasteiger partial charge on any atom is 0.119 e. The van der Waals surface area contributed by atoms with Crippen LogP contribution in [0.5, 0.6) is 5.75 Å². The van der Waals surface area contributed by atoms with Gasteiger partial charge in [0, 0.05) is 37.4 Å². The molecule has 6 heteroatoms. The van der Waals surface area contributed by atoms with E-state index in [0.29, 0.717) is 0 Å². The van der Waals surface area contributed by atoms with Crippen LogP contribution in [-0.4, -0.2) is 59.2 Å². The van der Waals surface area contributed by atoms with E-state index in [1.807, 2.05) is 23.0 Å². The highest BCUT2D eigenvalue weighted by Gasteiger charge is 2.17. The standard InChI is InChI=1S/C38H59N5O/c1-3-5-7-9-11-13-15-17-27-41-28-30-42(31-29-41)35-21-19-34(20-22-35)38-33-43(40-39-38)36-23-25-37(26-24-36)44-32-18-16-14-12-10-8-6-4-2/h19-26,33H,3-18,27-32H2,1-2H3. The van der Waals surface area contributed by atoms with Gasteiger partial charge >= 0.3 is 0 Å². The third kappa shape index (κ3) is 11.9. The third-order valence-corrected chi connectivity index (χ3v) is 9.09. The first kappa shape index (κ1) is 34.0. The number of rotatable bonds is 22. The molecule has 1 aliphatic heterocycles. The van der Waals surface area contributed by atoms with Crippen molar-refractivity contribution in [1.29, 1.82) is 0 Å². The van der Waals surface area contributed by atoms with Crippen molar-refractivity contribution in [3.63, 3.8) is 0 Å². The molecule has 2 heterocycles. The van der Waals surface area contributed by atoms with Gasteiger partial charge < -0.3 is 9.64 Å². The summed E-state index contributed by atoms with van der Waals surface area (Å²) >= 11 is 0. The Morgan fingerprint density at radius 2 is 1.14 bits per heavy atom. The quantitative estimate of drug-likeness (QED) is 0.107. The summed E-state index contributed by atoms with van der Waals surface area (Å²) in [5.41, 5.74) is 4.28. The topological polar surface area (TPSA) is 46.4 Å². The van der Waals surface area contributed by atoms with Gasteiger partial charge in [-0.25, -0.2) is 4.68 Å². The first-order chi connectivity index (χ1) is 21.8. The molecule has 0 aliphatic carbocycles. The van der Waals surface area contributed by atoms with Crippen molar-refractivity contribution in [1.82, 2.24) is 19.9 Å². The van der Waals surface area contributed by atoms with Crippen LogP contribution in [0.1, 0.15) is 117 Å². The van der Waals surface area contributed by atoms with Crippen LogP contribution < -0.4 is 9.64 Å². The van der Waals surface area contributed by atoms with Gasteiger partial charge in [-0.15, -0.1) is 5.10 Å². The molecule has 0 spiro atoms. The molecule has 242 valence electrons. The number of benzene rings is 2. The fourth-order valence-electron chi connectivity index (χ4n) is 6.19. The fraction of sp³-hybridized carbons (Fsp3) is 0.632. The lowest BCUT2D eigenvalue weighted by Crippen LogP contribution is -2.46. The van der Waals surface area contributed by atoms with Crippen LogP contribution in [0.4, 0.5) is 5.69 Å². The molecule has 0 radical (unpaired) electrons. The molecule has 6 nitrogen and oxygen atoms in total. The zero-order valence-corrected chi connectivity index (χ0v) is 27.9. The molecule has 1 saturated heterocycles. The SMILES string of the molecule is CCCCCCCCCCOc1ccc(-n2cc(-c3ccc(N4CCN(CCCCCCCCCC)CC4)cc3)nn2)cc1. The molecule has 0 atom stereocenters. The van der Waals surface area contributed by atoms with E-state index in [4.69, 9.17) is 4.74 Å². The Hall–Kier alpha value is -2.86. The predicted octanol–water partition coefficient (Wildman–Crippen LogP) is 9.72. The second-order valence-corrected chi connectivity index (χ2v) is 12.7. The molecule has 0 amide bonds. The van der Waals surface area contributed by atoms with Crippen molar-refractivity contribution in [2.75, 3.05) is 44.2 Å². The van der Waals surface area contributed by atoms with Gasteiger partial charge in [-0.05, 0) is 55.8 Å². The van der Waals surface area contributed by atoms with Crippen LogP contribution >= 0.6 is 0 Å². The van der Waals surface area contributed by atoms with Gasteiger partial charge in [0.1, 0.15) is 11.4 Å². The van der Waals surface area contributed by atoms with E-state index >= 15 is 0 Å². The molecule has 44 heavy (non-hydrogen) atoms. The van der Waals surface area contributed by atoms with Crippen molar-refractivity contribution < 1.29 is 4.74 Å². The molecule has 0 unspecified atom stereocenters. The summed E-state index contributed by atoms with van der Waals surface area (Å²) in [4.78, 5) is 5.17. The molecule has 1 aromatic heterocycles. The third-order valence-electron chi connectivity index (χ3n) is 9.09. The highest BCUT2D eigenvalue weighted by atomic mass is 16.5. The summed E-state index contributed by atoms with van der Waals surface area (Å²) in [5.74, 6) is 0.918. The predicted molar refractivity (Wildman–Crippen MR) is 186 cm³/mol. The second-order valence-electron chi connectivity index (χ2n) is 12.7. The maximum absolute atomic E-state index is 5.97. The van der Waals surface area contributed by atoms with E-state index in [2.05, 4.69) is 70.4 Å². The van der Waals surface area contributed by atoms with E-state index in [-0.39, 0.29) is 0 Å². The Morgan fingerprint density at radius 1 is 0.591 bits per heavy atom. The zero-order chi connectivity index (χ0) is 30.7. The van der Waals surface area contributed by atoms with Gasteiger partial charge in [0.25, 0.3) is 0 Å². The Balaban J connectivity index is 1.13. The van der Waals surface area contributed by atoms with Crippen molar-refractivity contribution in [2.24, 2.45) is 0 Å². The summed E-state index contributed by atoms with van der Waals surface area (Å²) in [6, 6.07) is 17.0. The van der Waals surface area contributed by atoms with Gasteiger partial charge in [0.2, 0.25) is 0 Å². The Bertz CT molecular complexity index is 1130. The molecule has 0 saturated carbocycles. The summed E-state index contributed by atoms with van der Waals surface area (Å²) in [6.07, 6.45) is 23.7. The number of aromatic nitrogens is 3. The Morgan fingerprint density at radius 3 is 1.75 bits per heavy atom. The van der Waals surface area contributed by atoms with E-state index in [1.165, 1.54) is 109 Å². The lowest BCUT2D eigenvalue weighted by molar-refractivity contribution is 0.252. The number of unbranched alkanes of at least 4 members (excludes halogenated alkanes) is 14. The van der Waals surface area contributed by atoms with Crippen LogP contribution in [0, 0.1) is 0 Å². The van der Waals surface area contributed by atoms with E-state index in [9.17, 15) is 0 Å². The van der Waals surface area contributed by atoms with E-state index in [0.717, 1.165) is 61.9 Å². The van der Waals surface area contributed by atoms with Gasteiger partial charge in [0.05, 0.1) is 18.5 Å². The lowest BCUT2D eigenvalue weighted by atomic mass is 10.1. The van der Waals surface area contributed by atoms with E-state index < -0.39 is 0 Å². The van der Waals surface area contributed by atoms with Gasteiger partial charge in [-0.1, -0.05) is 121 Å². The molecule has 0 bridgehead atoms. The van der Waals surface area contributed by atoms with Crippen LogP contribution in [0.3, 0.4) is 0 Å². The Kier molecular flexibility index (Phi) is 15.6. The highest BCUT2D eigenvalue weighted by molar-refractivity contribution is 5.62. The van der Waals surface area contributed by atoms with Crippen molar-refractivity contribution in [3.05, 3.63) is 54.7 Å². The Labute approximate surface area is 268 Å². The molecule has 1 fully saturated rings. The molecule has 1 aliphatic rings. The molecule has 0 N–H and O–H groups in total. The molecule has 2 aromatic carbocycles. The minimum atomic E-state index is 0.784. The molecular formula is C38H59N5O. The second kappa shape index (κ2) is 20.2. The number of nitrogens with zero attached hydrogens (tertiary/aromatic N) is 5. The lowest BCUT2D eigenvalue weighted by Gasteiger charge is -2.36. The largest absolute Gasteiger partial charge is 0.494 e. The molecular weight excluding hydrogens is 542 g/mol. The summed E-state index contributed by atoms with van der Waals surface area (Å²) in [6.45, 7) is 11.1. The average Bonchev–Trinajstić information content (AvgIpc) is 3.56. The van der Waals surface area contributed by atoms with Crippen LogP contribution in [0.25, 0.3) is 16.9 Å². The summed E-state index contributed by atoms with van der Waals surface area (Å²) in [5, 5.41) is 8.86. The smallest absolute Gasteiger partial charge is 0.119 e. The van der Waals surface area contributed by atoms with Crippen molar-refractivity contribution in [2.45, 2.75) is 117 Å². The van der Waals surface area contributed by atoms with Crippen LogP contribution in [-0.2, 0) is 0 Å². The fourth-order valence-corrected chi connectivity index (χ4v) is 6.19. The summed E-state index contributed by atoms with van der Waals surface area (Å²) in [7, 11) is 0. The van der Waals surface area contributed by atoms with Crippen molar-refractivity contribution in [3.8, 4) is 22.7 Å². The highest BCUT2D eigenvalue weighted by Crippen LogP contribution is 2.24. The monoisotopic (exact) mass is 601 g/mol. The summed E-state index contributed by atoms with van der Waals surface area (Å²) < 4.78 is 7.82. The van der Waals surface area contributed by atoms with Gasteiger partial charge in [0.15, 0.2) is 0 Å². The molecule has 3 aromatic rings. The number of anilines is 1.